The number of methoxy groups -OCH3 is 1. The fraction of sp³-hybridized carbons (Fsp3) is 0.625. The van der Waals surface area contributed by atoms with Crippen molar-refractivity contribution in [2.45, 2.75) is 76.1 Å². The van der Waals surface area contributed by atoms with Gasteiger partial charge in [-0.25, -0.2) is 4.39 Å². The number of ether oxygens (including phenoxy) is 1. The summed E-state index contributed by atoms with van der Waals surface area (Å²) in [5.41, 5.74) is 0.248. The van der Waals surface area contributed by atoms with Crippen molar-refractivity contribution in [3.05, 3.63) is 35.6 Å². The molecule has 0 radical (unpaired) electrons. The van der Waals surface area contributed by atoms with Gasteiger partial charge in [-0.2, -0.15) is 0 Å². The molecule has 1 aliphatic carbocycles. The number of aliphatic hydroxyl groups is 3. The van der Waals surface area contributed by atoms with E-state index in [-0.39, 0.29) is 23.4 Å². The Hall–Kier alpha value is -1.94. The van der Waals surface area contributed by atoms with Crippen LogP contribution in [0, 0.1) is 29.5 Å². The average molecular weight is 421 g/mol. The third-order valence-electron chi connectivity index (χ3n) is 5.94. The van der Waals surface area contributed by atoms with Crippen LogP contribution in [0.3, 0.4) is 0 Å². The van der Waals surface area contributed by atoms with E-state index in [1.54, 1.807) is 18.2 Å². The van der Waals surface area contributed by atoms with Crippen LogP contribution in [-0.2, 0) is 9.53 Å². The highest BCUT2D eigenvalue weighted by Crippen LogP contribution is 2.39. The van der Waals surface area contributed by atoms with Crippen LogP contribution in [0.4, 0.5) is 4.39 Å². The van der Waals surface area contributed by atoms with Gasteiger partial charge in [-0.3, -0.25) is 4.79 Å². The Labute approximate surface area is 178 Å². The zero-order valence-electron chi connectivity index (χ0n) is 17.6. The minimum Gasteiger partial charge on any atom is -0.469 e. The standard InChI is InChI=1S/C24H33FO5/c1-30-24(29)11-5-3-2-4-9-19-20(23(28)16-22(19)27)15-14-18(26)13-12-17-8-6-7-10-21(17)25/h6-8,10,18-20,22-23,26-28H,2-5,9,11,14-16H2,1H3/t18-,19+,20+,22-,23+/m0/s1. The summed E-state index contributed by atoms with van der Waals surface area (Å²) in [6.45, 7) is 0. The highest BCUT2D eigenvalue weighted by atomic mass is 19.1. The molecule has 3 N–H and O–H groups in total. The van der Waals surface area contributed by atoms with Gasteiger partial charge >= 0.3 is 5.97 Å². The SMILES string of the molecule is COC(=O)CCCCCC[C@@H]1[C@@H](CC[C@@H](O)C#Cc2ccccc2F)[C@H](O)C[C@@H]1O. The number of rotatable bonds is 10. The molecule has 0 aliphatic heterocycles. The van der Waals surface area contributed by atoms with Gasteiger partial charge in [0.2, 0.25) is 0 Å². The van der Waals surface area contributed by atoms with Gasteiger partial charge in [-0.1, -0.05) is 43.2 Å². The smallest absolute Gasteiger partial charge is 0.305 e. The normalized spacial score (nSPS) is 24.2. The number of halogens is 1. The van der Waals surface area contributed by atoms with Crippen LogP contribution in [0.25, 0.3) is 0 Å². The Morgan fingerprint density at radius 3 is 2.50 bits per heavy atom. The molecule has 30 heavy (non-hydrogen) atoms. The Balaban J connectivity index is 1.77. The van der Waals surface area contributed by atoms with E-state index in [0.717, 1.165) is 32.1 Å². The summed E-state index contributed by atoms with van der Waals surface area (Å²) in [5, 5.41) is 30.8. The summed E-state index contributed by atoms with van der Waals surface area (Å²) >= 11 is 0. The molecule has 0 aromatic heterocycles. The van der Waals surface area contributed by atoms with Gasteiger partial charge < -0.3 is 20.1 Å². The topological polar surface area (TPSA) is 87.0 Å². The quantitative estimate of drug-likeness (QED) is 0.307. The number of carbonyl (C=O) groups is 1. The molecule has 0 bridgehead atoms. The van der Waals surface area contributed by atoms with Crippen LogP contribution >= 0.6 is 0 Å². The average Bonchev–Trinajstić information content (AvgIpc) is 3.00. The third-order valence-corrected chi connectivity index (χ3v) is 5.94. The van der Waals surface area contributed by atoms with Gasteiger partial charge in [0, 0.05) is 6.42 Å². The van der Waals surface area contributed by atoms with Crippen molar-refractivity contribution in [1.82, 2.24) is 0 Å². The Kier molecular flexibility index (Phi) is 10.3. The van der Waals surface area contributed by atoms with Crippen LogP contribution < -0.4 is 0 Å². The number of hydrogen-bond acceptors (Lipinski definition) is 5. The summed E-state index contributed by atoms with van der Waals surface area (Å²) in [7, 11) is 1.39. The maximum atomic E-state index is 13.6. The lowest BCUT2D eigenvalue weighted by Crippen LogP contribution is -2.23. The molecule has 0 saturated heterocycles. The van der Waals surface area contributed by atoms with Gasteiger partial charge in [0.05, 0.1) is 24.9 Å². The molecule has 0 amide bonds. The Morgan fingerprint density at radius 2 is 1.80 bits per heavy atom. The van der Waals surface area contributed by atoms with Crippen molar-refractivity contribution in [3.8, 4) is 11.8 Å². The number of unbranched alkanes of at least 4 members (excludes halogenated alkanes) is 3. The largest absolute Gasteiger partial charge is 0.469 e. The van der Waals surface area contributed by atoms with Crippen LogP contribution in [0.1, 0.15) is 63.4 Å². The van der Waals surface area contributed by atoms with E-state index in [0.29, 0.717) is 25.7 Å². The molecule has 1 aromatic rings. The number of benzene rings is 1. The van der Waals surface area contributed by atoms with Gasteiger partial charge in [0.1, 0.15) is 11.9 Å². The first-order chi connectivity index (χ1) is 14.4. The van der Waals surface area contributed by atoms with Gasteiger partial charge in [-0.15, -0.1) is 0 Å². The summed E-state index contributed by atoms with van der Waals surface area (Å²) in [4.78, 5) is 11.1. The monoisotopic (exact) mass is 420 g/mol. The van der Waals surface area contributed by atoms with Gasteiger partial charge in [0.25, 0.3) is 0 Å². The van der Waals surface area contributed by atoms with Crippen LogP contribution in [0.2, 0.25) is 0 Å². The minimum absolute atomic E-state index is 0.00710. The molecule has 1 aromatic carbocycles. The number of esters is 1. The molecule has 2 rings (SSSR count). The lowest BCUT2D eigenvalue weighted by Gasteiger charge is -2.24. The Morgan fingerprint density at radius 1 is 1.13 bits per heavy atom. The van der Waals surface area contributed by atoms with E-state index in [2.05, 4.69) is 16.6 Å². The first-order valence-electron chi connectivity index (χ1n) is 10.8. The molecule has 166 valence electrons. The third kappa shape index (κ3) is 7.71. The van der Waals surface area contributed by atoms with E-state index in [4.69, 9.17) is 0 Å². The molecule has 0 heterocycles. The summed E-state index contributed by atoms with van der Waals surface area (Å²) in [6, 6.07) is 6.17. The second-order valence-corrected chi connectivity index (χ2v) is 8.07. The first-order valence-corrected chi connectivity index (χ1v) is 10.8. The molecule has 5 atom stereocenters. The molecular formula is C24H33FO5. The van der Waals surface area contributed by atoms with Crippen molar-refractivity contribution in [2.75, 3.05) is 7.11 Å². The fourth-order valence-electron chi connectivity index (χ4n) is 4.23. The van der Waals surface area contributed by atoms with Gasteiger partial charge in [0.15, 0.2) is 0 Å². The molecule has 1 fully saturated rings. The fourth-order valence-corrected chi connectivity index (χ4v) is 4.23. The maximum absolute atomic E-state index is 13.6. The van der Waals surface area contributed by atoms with Crippen LogP contribution in [0.5, 0.6) is 0 Å². The molecule has 0 unspecified atom stereocenters. The highest BCUT2D eigenvalue weighted by molar-refractivity contribution is 5.68. The molecule has 0 spiro atoms. The molecule has 1 saturated carbocycles. The second kappa shape index (κ2) is 12.7. The molecule has 5 nitrogen and oxygen atoms in total. The van der Waals surface area contributed by atoms with E-state index in [1.807, 2.05) is 0 Å². The van der Waals surface area contributed by atoms with Gasteiger partial charge in [-0.05, 0) is 56.1 Å². The summed E-state index contributed by atoms with van der Waals surface area (Å²) in [5.74, 6) is 4.63. The Bertz CT molecular complexity index is 726. The minimum atomic E-state index is -0.909. The van der Waals surface area contributed by atoms with Crippen LogP contribution in [0.15, 0.2) is 24.3 Å². The molecule has 1 aliphatic rings. The molecular weight excluding hydrogens is 387 g/mol. The summed E-state index contributed by atoms with van der Waals surface area (Å²) in [6.07, 6.45) is 4.06. The first kappa shape index (κ1) is 24.3. The van der Waals surface area contributed by atoms with Crippen molar-refractivity contribution >= 4 is 5.97 Å². The van der Waals surface area contributed by atoms with Crippen molar-refractivity contribution < 1.29 is 29.2 Å². The van der Waals surface area contributed by atoms with Crippen molar-refractivity contribution in [1.29, 1.82) is 0 Å². The summed E-state index contributed by atoms with van der Waals surface area (Å²) < 4.78 is 18.2. The van der Waals surface area contributed by atoms with Crippen molar-refractivity contribution in [3.63, 3.8) is 0 Å². The zero-order valence-corrected chi connectivity index (χ0v) is 17.6. The number of aliphatic hydroxyl groups excluding tert-OH is 3. The zero-order chi connectivity index (χ0) is 21.9. The predicted octanol–water partition coefficient (Wildman–Crippen LogP) is 3.19. The van der Waals surface area contributed by atoms with E-state index >= 15 is 0 Å². The van der Waals surface area contributed by atoms with E-state index < -0.39 is 24.1 Å². The van der Waals surface area contributed by atoms with Crippen molar-refractivity contribution in [2.24, 2.45) is 11.8 Å². The maximum Gasteiger partial charge on any atom is 0.305 e. The second-order valence-electron chi connectivity index (χ2n) is 8.07. The van der Waals surface area contributed by atoms with Crippen LogP contribution in [-0.4, -0.2) is 46.7 Å². The lowest BCUT2D eigenvalue weighted by molar-refractivity contribution is -0.140. The highest BCUT2D eigenvalue weighted by Gasteiger charge is 2.40. The van der Waals surface area contributed by atoms with E-state index in [1.165, 1.54) is 13.2 Å². The number of carbonyl (C=O) groups excluding carboxylic acids is 1. The lowest BCUT2D eigenvalue weighted by atomic mass is 9.85. The predicted molar refractivity (Wildman–Crippen MR) is 112 cm³/mol. The van der Waals surface area contributed by atoms with E-state index in [9.17, 15) is 24.5 Å². The number of hydrogen-bond donors (Lipinski definition) is 3. The molecule has 6 heteroatoms.